The second-order valence-electron chi connectivity index (χ2n) is 6.74. The number of rotatable bonds is 7. The monoisotopic (exact) mass is 408 g/mol. The molecule has 0 aliphatic rings. The third kappa shape index (κ3) is 4.42. The zero-order chi connectivity index (χ0) is 21.1. The van der Waals surface area contributed by atoms with Gasteiger partial charge in [-0.25, -0.2) is 18.3 Å². The van der Waals surface area contributed by atoms with Crippen molar-refractivity contribution in [2.75, 3.05) is 6.26 Å². The Hall–Kier alpha value is -2.65. The number of aryl methyl sites for hydroxylation is 1. The number of sulfone groups is 1. The van der Waals surface area contributed by atoms with E-state index in [1.54, 1.807) is 18.2 Å². The van der Waals surface area contributed by atoms with E-state index in [2.05, 4.69) is 4.98 Å². The molecule has 7 nitrogen and oxygen atoms in total. The summed E-state index contributed by atoms with van der Waals surface area (Å²) in [5.41, 5.74) is 3.01. The number of hydrogen-bond donors (Lipinski definition) is 2. The van der Waals surface area contributed by atoms with Crippen LogP contribution in [-0.2, 0) is 21.1 Å². The van der Waals surface area contributed by atoms with Crippen LogP contribution in [0.5, 0.6) is 0 Å². The van der Waals surface area contributed by atoms with E-state index in [0.29, 0.717) is 16.8 Å². The van der Waals surface area contributed by atoms with Crippen LogP contribution < -0.4 is 5.48 Å². The molecule has 1 heterocycles. The van der Waals surface area contributed by atoms with Crippen molar-refractivity contribution in [3.63, 3.8) is 0 Å². The van der Waals surface area contributed by atoms with E-state index in [1.807, 2.05) is 0 Å². The SMILES string of the molecule is CC(=O)c1ccc(-c2ccc(CCC(C)(C(=O)NO)S(C)(=O)=O)c(F)c2)nc1. The number of pyridine rings is 1. The lowest BCUT2D eigenvalue weighted by atomic mass is 9.98. The van der Waals surface area contributed by atoms with Gasteiger partial charge in [-0.1, -0.05) is 12.1 Å². The first-order valence-electron chi connectivity index (χ1n) is 8.39. The number of carbonyl (C=O) groups is 2. The number of aromatic nitrogens is 1. The highest BCUT2D eigenvalue weighted by molar-refractivity contribution is 7.92. The summed E-state index contributed by atoms with van der Waals surface area (Å²) in [5.74, 6) is -1.77. The number of ketones is 1. The maximum Gasteiger partial charge on any atom is 0.264 e. The minimum Gasteiger partial charge on any atom is -0.294 e. The van der Waals surface area contributed by atoms with Crippen LogP contribution in [0, 0.1) is 5.82 Å². The highest BCUT2D eigenvalue weighted by Crippen LogP contribution is 2.26. The predicted octanol–water partition coefficient (Wildman–Crippen LogP) is 2.33. The van der Waals surface area contributed by atoms with Crippen molar-refractivity contribution in [3.8, 4) is 11.3 Å². The number of amides is 1. The predicted molar refractivity (Wildman–Crippen MR) is 101 cm³/mol. The van der Waals surface area contributed by atoms with E-state index in [-0.39, 0.29) is 24.2 Å². The Bertz CT molecular complexity index is 1010. The highest BCUT2D eigenvalue weighted by atomic mass is 32.2. The zero-order valence-electron chi connectivity index (χ0n) is 15.7. The molecule has 2 aromatic rings. The lowest BCUT2D eigenvalue weighted by molar-refractivity contribution is -0.131. The van der Waals surface area contributed by atoms with Gasteiger partial charge in [0.2, 0.25) is 0 Å². The van der Waals surface area contributed by atoms with Gasteiger partial charge in [0.15, 0.2) is 15.6 Å². The Kier molecular flexibility index (Phi) is 6.30. The second-order valence-corrected chi connectivity index (χ2v) is 9.18. The Balaban J connectivity index is 2.25. The zero-order valence-corrected chi connectivity index (χ0v) is 16.5. The smallest absolute Gasteiger partial charge is 0.264 e. The number of nitrogens with zero attached hydrogens (tertiary/aromatic N) is 1. The van der Waals surface area contributed by atoms with Gasteiger partial charge >= 0.3 is 0 Å². The summed E-state index contributed by atoms with van der Waals surface area (Å²) in [4.78, 5) is 27.3. The van der Waals surface area contributed by atoms with Gasteiger partial charge in [0.1, 0.15) is 10.6 Å². The summed E-state index contributed by atoms with van der Waals surface area (Å²) in [6, 6.07) is 7.58. The Labute approximate surface area is 162 Å². The van der Waals surface area contributed by atoms with Gasteiger partial charge in [-0.3, -0.25) is 19.8 Å². The lowest BCUT2D eigenvalue weighted by Gasteiger charge is -2.25. The normalized spacial score (nSPS) is 13.6. The van der Waals surface area contributed by atoms with Crippen LogP contribution in [-0.4, -0.2) is 41.3 Å². The van der Waals surface area contributed by atoms with Crippen LogP contribution in [0.1, 0.15) is 36.2 Å². The first kappa shape index (κ1) is 21.6. The fourth-order valence-corrected chi connectivity index (χ4v) is 3.50. The minimum absolute atomic E-state index is 0.0280. The third-order valence-corrected chi connectivity index (χ3v) is 6.82. The van der Waals surface area contributed by atoms with Gasteiger partial charge in [-0.15, -0.1) is 0 Å². The van der Waals surface area contributed by atoms with Crippen LogP contribution in [0.4, 0.5) is 4.39 Å². The quantitative estimate of drug-likeness (QED) is 0.413. The summed E-state index contributed by atoms with van der Waals surface area (Å²) >= 11 is 0. The maximum atomic E-state index is 14.5. The number of benzene rings is 1. The highest BCUT2D eigenvalue weighted by Gasteiger charge is 2.43. The second kappa shape index (κ2) is 8.15. The van der Waals surface area contributed by atoms with Crippen molar-refractivity contribution < 1.29 is 27.6 Å². The van der Waals surface area contributed by atoms with Gasteiger partial charge in [-0.2, -0.15) is 0 Å². The molecular weight excluding hydrogens is 387 g/mol. The van der Waals surface area contributed by atoms with Crippen LogP contribution in [0.2, 0.25) is 0 Å². The summed E-state index contributed by atoms with van der Waals surface area (Å²) in [6.07, 6.45) is 2.06. The van der Waals surface area contributed by atoms with Crippen molar-refractivity contribution >= 4 is 21.5 Å². The van der Waals surface area contributed by atoms with Crippen LogP contribution in [0.25, 0.3) is 11.3 Å². The molecule has 1 unspecified atom stereocenters. The molecule has 0 aliphatic carbocycles. The maximum absolute atomic E-state index is 14.5. The third-order valence-electron chi connectivity index (χ3n) is 4.79. The molecule has 1 aromatic heterocycles. The molecule has 0 fully saturated rings. The van der Waals surface area contributed by atoms with Crippen molar-refractivity contribution in [1.82, 2.24) is 10.5 Å². The van der Waals surface area contributed by atoms with Crippen LogP contribution in [0.3, 0.4) is 0 Å². The van der Waals surface area contributed by atoms with E-state index in [1.165, 1.54) is 37.7 Å². The standard InChI is InChI=1S/C19H21FN2O5S/c1-12(23)15-6-7-17(21-11-15)14-5-4-13(16(20)10-14)8-9-19(2,18(24)22-25)28(3,26)27/h4-7,10-11,25H,8-9H2,1-3H3,(H,22,24). The van der Waals surface area contributed by atoms with Gasteiger partial charge < -0.3 is 0 Å². The number of carbonyl (C=O) groups excluding carboxylic acids is 2. The molecule has 1 atom stereocenters. The summed E-state index contributed by atoms with van der Waals surface area (Å²) < 4.78 is 36.6. The number of hydroxylamine groups is 1. The minimum atomic E-state index is -3.85. The Morgan fingerprint density at radius 1 is 1.25 bits per heavy atom. The molecule has 0 saturated heterocycles. The van der Waals surface area contributed by atoms with E-state index >= 15 is 0 Å². The number of nitrogens with one attached hydrogen (secondary N) is 1. The fourth-order valence-electron chi connectivity index (χ4n) is 2.64. The first-order valence-corrected chi connectivity index (χ1v) is 10.3. The molecule has 0 saturated carbocycles. The lowest BCUT2D eigenvalue weighted by Crippen LogP contribution is -2.49. The molecule has 0 spiro atoms. The molecule has 0 radical (unpaired) electrons. The number of halogens is 1. The molecular formula is C19H21FN2O5S. The van der Waals surface area contributed by atoms with E-state index in [0.717, 1.165) is 6.26 Å². The van der Waals surface area contributed by atoms with Crippen molar-refractivity contribution in [3.05, 3.63) is 53.5 Å². The van der Waals surface area contributed by atoms with E-state index in [9.17, 15) is 22.4 Å². The molecule has 1 aromatic carbocycles. The average molecular weight is 408 g/mol. The van der Waals surface area contributed by atoms with Crippen LogP contribution >= 0.6 is 0 Å². The molecule has 0 bridgehead atoms. The molecule has 1 amide bonds. The van der Waals surface area contributed by atoms with Crippen LogP contribution in [0.15, 0.2) is 36.5 Å². The van der Waals surface area contributed by atoms with Crippen molar-refractivity contribution in [2.24, 2.45) is 0 Å². The molecule has 150 valence electrons. The number of Topliss-reactive ketones (excluding diaryl/α,β-unsaturated/α-hetero) is 1. The van der Waals surface area contributed by atoms with Gasteiger partial charge in [-0.05, 0) is 50.5 Å². The Morgan fingerprint density at radius 2 is 1.93 bits per heavy atom. The van der Waals surface area contributed by atoms with Crippen molar-refractivity contribution in [1.29, 1.82) is 0 Å². The largest absolute Gasteiger partial charge is 0.294 e. The molecule has 9 heteroatoms. The van der Waals surface area contributed by atoms with Gasteiger partial charge in [0, 0.05) is 23.6 Å². The Morgan fingerprint density at radius 3 is 2.39 bits per heavy atom. The fraction of sp³-hybridized carbons (Fsp3) is 0.316. The molecule has 28 heavy (non-hydrogen) atoms. The molecule has 2 rings (SSSR count). The molecule has 2 N–H and O–H groups in total. The topological polar surface area (TPSA) is 113 Å². The molecule has 0 aliphatic heterocycles. The van der Waals surface area contributed by atoms with E-state index < -0.39 is 26.3 Å². The van der Waals surface area contributed by atoms with Gasteiger partial charge in [0.25, 0.3) is 5.91 Å². The summed E-state index contributed by atoms with van der Waals surface area (Å²) in [6.45, 7) is 2.60. The van der Waals surface area contributed by atoms with Gasteiger partial charge in [0.05, 0.1) is 5.69 Å². The summed E-state index contributed by atoms with van der Waals surface area (Å²) in [7, 11) is -3.85. The van der Waals surface area contributed by atoms with Crippen molar-refractivity contribution in [2.45, 2.75) is 31.4 Å². The summed E-state index contributed by atoms with van der Waals surface area (Å²) in [5, 5.41) is 8.84. The first-order chi connectivity index (χ1) is 13.0. The van der Waals surface area contributed by atoms with E-state index in [4.69, 9.17) is 5.21 Å². The number of hydrogen-bond acceptors (Lipinski definition) is 6. The average Bonchev–Trinajstić information content (AvgIpc) is 2.65.